The van der Waals surface area contributed by atoms with Gasteiger partial charge < -0.3 is 9.80 Å². The van der Waals surface area contributed by atoms with Gasteiger partial charge in [0.1, 0.15) is 21.6 Å². The summed E-state index contributed by atoms with van der Waals surface area (Å²) in [5.41, 5.74) is 11.2. The van der Waals surface area contributed by atoms with E-state index in [1.807, 2.05) is 47.2 Å². The molecule has 0 aliphatic rings. The van der Waals surface area contributed by atoms with Gasteiger partial charge in [-0.25, -0.2) is 9.97 Å². The number of benzene rings is 7. The predicted molar refractivity (Wildman–Crippen MR) is 279 cm³/mol. The van der Waals surface area contributed by atoms with Gasteiger partial charge in [-0.3, -0.25) is 9.13 Å². The molecule has 0 fully saturated rings. The highest BCUT2D eigenvalue weighted by molar-refractivity contribution is 7.24. The number of para-hydroxylation sites is 2. The van der Waals surface area contributed by atoms with Crippen LogP contribution in [0.1, 0.15) is 0 Å². The van der Waals surface area contributed by atoms with E-state index in [4.69, 9.17) is 9.97 Å². The van der Waals surface area contributed by atoms with Crippen molar-refractivity contribution in [1.82, 2.24) is 19.1 Å². The van der Waals surface area contributed by atoms with Crippen molar-refractivity contribution in [2.24, 2.45) is 0 Å². The van der Waals surface area contributed by atoms with Crippen molar-refractivity contribution in [2.75, 3.05) is 9.80 Å². The monoisotopic (exact) mass is 882 g/mol. The van der Waals surface area contributed by atoms with E-state index in [2.05, 4.69) is 225 Å². The number of anilines is 6. The van der Waals surface area contributed by atoms with Crippen LogP contribution >= 0.6 is 22.7 Å². The summed E-state index contributed by atoms with van der Waals surface area (Å²) in [5.74, 6) is 1.75. The first-order chi connectivity index (χ1) is 32.7. The molecule has 6 aromatic heterocycles. The van der Waals surface area contributed by atoms with Crippen LogP contribution in [0.2, 0.25) is 0 Å². The fourth-order valence-corrected chi connectivity index (χ4v) is 11.8. The first-order valence-electron chi connectivity index (χ1n) is 22.0. The number of rotatable bonds is 9. The topological polar surface area (TPSA) is 42.1 Å². The fourth-order valence-electron chi connectivity index (χ4n) is 9.42. The Morgan fingerprint density at radius 2 is 0.773 bits per heavy atom. The van der Waals surface area contributed by atoms with E-state index in [0.717, 1.165) is 71.8 Å². The molecule has 0 unspecified atom stereocenters. The molecule has 6 nitrogen and oxygen atoms in total. The highest BCUT2D eigenvalue weighted by atomic mass is 32.1. The normalized spacial score (nSPS) is 11.6. The predicted octanol–water partition coefficient (Wildman–Crippen LogP) is 16.6. The summed E-state index contributed by atoms with van der Waals surface area (Å²) in [7, 11) is 0. The van der Waals surface area contributed by atoms with Crippen molar-refractivity contribution >= 4 is 108 Å². The average Bonchev–Trinajstić information content (AvgIpc) is 4.14. The third-order valence-corrected chi connectivity index (χ3v) is 14.7. The Bertz CT molecular complexity index is 3820. The number of aromatic nitrogens is 4. The lowest BCUT2D eigenvalue weighted by Crippen LogP contribution is -2.08. The molecule has 6 heterocycles. The fraction of sp³-hybridized carbons (Fsp3) is 0. The van der Waals surface area contributed by atoms with Gasteiger partial charge in [-0.1, -0.05) is 121 Å². The minimum absolute atomic E-state index is 0.872. The second-order valence-corrected chi connectivity index (χ2v) is 18.4. The first-order valence-corrected chi connectivity index (χ1v) is 23.6. The summed E-state index contributed by atoms with van der Waals surface area (Å²) in [5, 5.41) is 6.98. The summed E-state index contributed by atoms with van der Waals surface area (Å²) in [6, 6.07) is 77.9. The van der Waals surface area contributed by atoms with Crippen LogP contribution < -0.4 is 9.80 Å². The van der Waals surface area contributed by atoms with Gasteiger partial charge in [-0.05, 0) is 119 Å². The third-order valence-electron chi connectivity index (χ3n) is 12.4. The summed E-state index contributed by atoms with van der Waals surface area (Å²) >= 11 is 3.62. The van der Waals surface area contributed by atoms with Crippen molar-refractivity contribution in [2.45, 2.75) is 0 Å². The molecule has 0 bridgehead atoms. The van der Waals surface area contributed by atoms with E-state index >= 15 is 0 Å². The molecule has 312 valence electrons. The second kappa shape index (κ2) is 15.7. The lowest BCUT2D eigenvalue weighted by Gasteiger charge is -2.24. The molecule has 8 heteroatoms. The molecule has 66 heavy (non-hydrogen) atoms. The Labute approximate surface area is 388 Å². The second-order valence-electron chi connectivity index (χ2n) is 16.3. The molecule has 0 spiro atoms. The molecule has 7 aromatic carbocycles. The van der Waals surface area contributed by atoms with E-state index < -0.39 is 0 Å². The van der Waals surface area contributed by atoms with E-state index in [9.17, 15) is 0 Å². The SMILES string of the molecule is c1ccc(-c2ccc(N(c3ccc4ccccc4c3)c3cc4c(s3)c3cc5c(cc3n4-c3ccccn3)c3sc(N(c4ccccc4)c4ccccc4)cc3n5-c3ccccn3)cc2)cc1. The number of pyridine rings is 2. The highest BCUT2D eigenvalue weighted by Crippen LogP contribution is 2.50. The van der Waals surface area contributed by atoms with E-state index in [1.165, 1.54) is 36.7 Å². The molecule has 0 N–H and O–H groups in total. The standard InChI is InChI=1S/C58H38N6S2/c1-4-16-39(17-5-1)41-26-29-45(30-27-41)62(46-31-28-40-18-10-11-19-42(40)34-46)56-38-52-58(66-56)48-36-49-47(35-50(48)64(52)54-25-13-15-33-60-54)57-51(63(49)53-24-12-14-32-59-53)37-55(65-57)61(43-20-6-2-7-21-43)44-22-8-3-9-23-44/h1-38H. The van der Waals surface area contributed by atoms with Crippen LogP contribution in [0.15, 0.2) is 231 Å². The van der Waals surface area contributed by atoms with Crippen LogP contribution in [0.4, 0.5) is 32.8 Å². The van der Waals surface area contributed by atoms with Gasteiger partial charge >= 0.3 is 0 Å². The Balaban J connectivity index is 1.05. The molecule has 0 saturated heterocycles. The van der Waals surface area contributed by atoms with Crippen LogP contribution in [0.3, 0.4) is 0 Å². The number of hydrogen-bond donors (Lipinski definition) is 0. The van der Waals surface area contributed by atoms with E-state index in [1.54, 1.807) is 0 Å². The van der Waals surface area contributed by atoms with Crippen molar-refractivity contribution < 1.29 is 0 Å². The van der Waals surface area contributed by atoms with Crippen LogP contribution in [-0.4, -0.2) is 19.1 Å². The molecular weight excluding hydrogens is 845 g/mol. The van der Waals surface area contributed by atoms with Crippen molar-refractivity contribution in [3.63, 3.8) is 0 Å². The Morgan fingerprint density at radius 3 is 1.30 bits per heavy atom. The maximum absolute atomic E-state index is 4.99. The Kier molecular flexibility index (Phi) is 9.11. The lowest BCUT2D eigenvalue weighted by molar-refractivity contribution is 1.08. The maximum atomic E-state index is 4.99. The quantitative estimate of drug-likeness (QED) is 0.145. The first kappa shape index (κ1) is 38.2. The van der Waals surface area contributed by atoms with Crippen LogP contribution in [0.5, 0.6) is 0 Å². The molecule has 0 radical (unpaired) electrons. The minimum Gasteiger partial charge on any atom is -0.302 e. The number of nitrogens with zero attached hydrogens (tertiary/aromatic N) is 6. The van der Waals surface area contributed by atoms with Gasteiger partial charge in [0, 0.05) is 45.9 Å². The molecule has 13 aromatic rings. The molecule has 0 atom stereocenters. The largest absolute Gasteiger partial charge is 0.302 e. The number of hydrogen-bond acceptors (Lipinski definition) is 6. The Hall–Kier alpha value is -8.30. The maximum Gasteiger partial charge on any atom is 0.137 e. The van der Waals surface area contributed by atoms with E-state index in [0.29, 0.717) is 0 Å². The van der Waals surface area contributed by atoms with Crippen LogP contribution in [0, 0.1) is 0 Å². The van der Waals surface area contributed by atoms with E-state index in [-0.39, 0.29) is 0 Å². The lowest BCUT2D eigenvalue weighted by atomic mass is 10.0. The van der Waals surface area contributed by atoms with Gasteiger partial charge in [-0.15, -0.1) is 22.7 Å². The van der Waals surface area contributed by atoms with Gasteiger partial charge in [-0.2, -0.15) is 0 Å². The van der Waals surface area contributed by atoms with Crippen molar-refractivity contribution in [1.29, 1.82) is 0 Å². The zero-order chi connectivity index (χ0) is 43.6. The van der Waals surface area contributed by atoms with Gasteiger partial charge in [0.2, 0.25) is 0 Å². The Morgan fingerprint density at radius 1 is 0.333 bits per heavy atom. The molecule has 13 rings (SSSR count). The van der Waals surface area contributed by atoms with Gasteiger partial charge in [0.05, 0.1) is 31.5 Å². The molecule has 0 aliphatic heterocycles. The zero-order valence-electron chi connectivity index (χ0n) is 35.4. The van der Waals surface area contributed by atoms with Crippen molar-refractivity contribution in [3.05, 3.63) is 231 Å². The summed E-state index contributed by atoms with van der Waals surface area (Å²) in [4.78, 5) is 14.7. The zero-order valence-corrected chi connectivity index (χ0v) is 37.1. The molecule has 0 amide bonds. The van der Waals surface area contributed by atoms with Crippen molar-refractivity contribution in [3.8, 4) is 22.8 Å². The number of thiophene rings is 2. The molecular formula is C58H38N6S2. The molecule has 0 aliphatic carbocycles. The van der Waals surface area contributed by atoms with Crippen LogP contribution in [-0.2, 0) is 0 Å². The summed E-state index contributed by atoms with van der Waals surface area (Å²) in [6.45, 7) is 0. The smallest absolute Gasteiger partial charge is 0.137 e. The highest BCUT2D eigenvalue weighted by Gasteiger charge is 2.26. The number of fused-ring (bicyclic) bond motifs is 7. The average molecular weight is 883 g/mol. The molecule has 0 saturated carbocycles. The summed E-state index contributed by atoms with van der Waals surface area (Å²) < 4.78 is 7.08. The van der Waals surface area contributed by atoms with Crippen LogP contribution in [0.25, 0.3) is 75.8 Å². The minimum atomic E-state index is 0.872. The van der Waals surface area contributed by atoms with Gasteiger partial charge in [0.15, 0.2) is 0 Å². The third kappa shape index (κ3) is 6.37. The summed E-state index contributed by atoms with van der Waals surface area (Å²) in [6.07, 6.45) is 3.77. The van der Waals surface area contributed by atoms with Gasteiger partial charge in [0.25, 0.3) is 0 Å².